The summed E-state index contributed by atoms with van der Waals surface area (Å²) >= 11 is 0. The van der Waals surface area contributed by atoms with E-state index in [2.05, 4.69) is 39.7 Å². The molecule has 1 unspecified atom stereocenters. The lowest BCUT2D eigenvalue weighted by Gasteiger charge is -2.39. The molecule has 20 heavy (non-hydrogen) atoms. The van der Waals surface area contributed by atoms with Gasteiger partial charge in [0.1, 0.15) is 11.6 Å². The number of anilines is 1. The van der Waals surface area contributed by atoms with Crippen LogP contribution in [0.15, 0.2) is 6.07 Å². The zero-order chi connectivity index (χ0) is 14.5. The van der Waals surface area contributed by atoms with Crippen LogP contribution in [0.5, 0.6) is 0 Å². The molecule has 0 bridgehead atoms. The number of hydrogen-bond acceptors (Lipinski definition) is 5. The monoisotopic (exact) mass is 278 g/mol. The first-order valence-corrected chi connectivity index (χ1v) is 7.62. The van der Waals surface area contributed by atoms with E-state index < -0.39 is 0 Å². The quantitative estimate of drug-likeness (QED) is 0.878. The number of aliphatic hydroxyl groups excluding tert-OH is 1. The number of hydrogen-bond donors (Lipinski definition) is 1. The molecule has 1 fully saturated rings. The van der Waals surface area contributed by atoms with E-state index in [4.69, 9.17) is 0 Å². The van der Waals surface area contributed by atoms with E-state index in [0.29, 0.717) is 6.04 Å². The molecule has 5 heteroatoms. The summed E-state index contributed by atoms with van der Waals surface area (Å²) in [6, 6.07) is 2.40. The second-order valence-corrected chi connectivity index (χ2v) is 5.39. The van der Waals surface area contributed by atoms with Crippen LogP contribution in [0, 0.1) is 6.92 Å². The van der Waals surface area contributed by atoms with Gasteiger partial charge < -0.3 is 10.0 Å². The van der Waals surface area contributed by atoms with Gasteiger partial charge in [0.25, 0.3) is 0 Å². The van der Waals surface area contributed by atoms with Gasteiger partial charge in [0.2, 0.25) is 0 Å². The number of rotatable bonds is 5. The Morgan fingerprint density at radius 2 is 1.90 bits per heavy atom. The molecule has 1 N–H and O–H groups in total. The topological polar surface area (TPSA) is 52.5 Å². The van der Waals surface area contributed by atoms with Crippen molar-refractivity contribution in [2.45, 2.75) is 39.7 Å². The molecular weight excluding hydrogens is 252 g/mol. The molecule has 0 amide bonds. The van der Waals surface area contributed by atoms with Gasteiger partial charge in [-0.2, -0.15) is 0 Å². The summed E-state index contributed by atoms with van der Waals surface area (Å²) in [5.41, 5.74) is 1.11. The Morgan fingerprint density at radius 3 is 2.45 bits per heavy atom. The van der Waals surface area contributed by atoms with E-state index in [1.54, 1.807) is 0 Å². The molecule has 5 nitrogen and oxygen atoms in total. The molecule has 0 aromatic carbocycles. The Labute approximate surface area is 121 Å². The maximum absolute atomic E-state index is 9.39. The Hall–Kier alpha value is -1.20. The molecule has 1 aromatic rings. The van der Waals surface area contributed by atoms with Gasteiger partial charge in [-0.25, -0.2) is 9.97 Å². The Balaban J connectivity index is 2.01. The molecule has 1 saturated heterocycles. The molecular formula is C15H26N4O. The molecule has 2 rings (SSSR count). The number of nitrogens with zero attached hydrogens (tertiary/aromatic N) is 4. The first-order chi connectivity index (χ1) is 9.67. The van der Waals surface area contributed by atoms with Crippen molar-refractivity contribution in [1.82, 2.24) is 14.9 Å². The van der Waals surface area contributed by atoms with Crippen LogP contribution in [-0.2, 0) is 6.42 Å². The molecule has 2 heterocycles. The van der Waals surface area contributed by atoms with Crippen molar-refractivity contribution in [2.75, 3.05) is 37.7 Å². The second-order valence-electron chi connectivity index (χ2n) is 5.39. The Kier molecular flexibility index (Phi) is 5.31. The zero-order valence-electron chi connectivity index (χ0n) is 12.8. The predicted molar refractivity (Wildman–Crippen MR) is 81.1 cm³/mol. The fourth-order valence-corrected chi connectivity index (χ4v) is 2.77. The van der Waals surface area contributed by atoms with Crippen molar-refractivity contribution in [2.24, 2.45) is 0 Å². The van der Waals surface area contributed by atoms with Crippen LogP contribution in [0.1, 0.15) is 31.8 Å². The normalized spacial score (nSPS) is 18.3. The molecule has 0 radical (unpaired) electrons. The minimum absolute atomic E-state index is 0.253. The highest BCUT2D eigenvalue weighted by atomic mass is 16.3. The number of aliphatic hydroxyl groups is 1. The van der Waals surface area contributed by atoms with E-state index in [1.165, 1.54) is 0 Å². The van der Waals surface area contributed by atoms with Crippen molar-refractivity contribution in [1.29, 1.82) is 0 Å². The smallest absolute Gasteiger partial charge is 0.132 e. The van der Waals surface area contributed by atoms with Gasteiger partial charge in [0, 0.05) is 44.0 Å². The molecule has 1 aliphatic heterocycles. The van der Waals surface area contributed by atoms with Crippen molar-refractivity contribution in [3.8, 4) is 0 Å². The van der Waals surface area contributed by atoms with Crippen LogP contribution in [0.3, 0.4) is 0 Å². The molecule has 1 aliphatic rings. The Morgan fingerprint density at radius 1 is 1.20 bits per heavy atom. The summed E-state index contributed by atoms with van der Waals surface area (Å²) in [5.74, 6) is 1.90. The number of piperazine rings is 1. The third-order valence-electron chi connectivity index (χ3n) is 4.08. The van der Waals surface area contributed by atoms with Gasteiger partial charge in [0.05, 0.1) is 6.61 Å². The minimum Gasteiger partial charge on any atom is -0.395 e. The first-order valence-electron chi connectivity index (χ1n) is 7.62. The summed E-state index contributed by atoms with van der Waals surface area (Å²) < 4.78 is 0. The van der Waals surface area contributed by atoms with Crippen LogP contribution < -0.4 is 4.90 Å². The van der Waals surface area contributed by atoms with Crippen LogP contribution in [-0.4, -0.2) is 58.8 Å². The summed E-state index contributed by atoms with van der Waals surface area (Å²) in [4.78, 5) is 13.7. The first kappa shape index (κ1) is 15.2. The van der Waals surface area contributed by atoms with Gasteiger partial charge in [-0.15, -0.1) is 0 Å². The fourth-order valence-electron chi connectivity index (χ4n) is 2.77. The summed E-state index contributed by atoms with van der Waals surface area (Å²) in [5, 5.41) is 9.39. The molecule has 0 saturated carbocycles. The highest BCUT2D eigenvalue weighted by Crippen LogP contribution is 2.17. The lowest BCUT2D eigenvalue weighted by Crippen LogP contribution is -2.51. The van der Waals surface area contributed by atoms with Gasteiger partial charge in [0.15, 0.2) is 0 Å². The molecule has 1 aromatic heterocycles. The lowest BCUT2D eigenvalue weighted by molar-refractivity contribution is 0.114. The lowest BCUT2D eigenvalue weighted by atomic mass is 10.1. The SMILES string of the molecule is CCc1cc(N2CCN(C(CC)CO)CC2)nc(C)n1. The summed E-state index contributed by atoms with van der Waals surface area (Å²) in [7, 11) is 0. The summed E-state index contributed by atoms with van der Waals surface area (Å²) in [6.45, 7) is 10.4. The van der Waals surface area contributed by atoms with E-state index in [1.807, 2.05) is 6.92 Å². The van der Waals surface area contributed by atoms with Crippen LogP contribution in [0.4, 0.5) is 5.82 Å². The molecule has 0 aliphatic carbocycles. The van der Waals surface area contributed by atoms with Crippen LogP contribution in [0.25, 0.3) is 0 Å². The zero-order valence-corrected chi connectivity index (χ0v) is 12.8. The third-order valence-corrected chi connectivity index (χ3v) is 4.08. The maximum atomic E-state index is 9.39. The average Bonchev–Trinajstić information content (AvgIpc) is 2.48. The number of aryl methyl sites for hydroxylation is 2. The molecule has 1 atom stereocenters. The average molecular weight is 278 g/mol. The second kappa shape index (κ2) is 6.99. The third kappa shape index (κ3) is 3.46. The summed E-state index contributed by atoms with van der Waals surface area (Å²) in [6.07, 6.45) is 1.95. The molecule has 0 spiro atoms. The van der Waals surface area contributed by atoms with Gasteiger partial charge >= 0.3 is 0 Å². The predicted octanol–water partition coefficient (Wildman–Crippen LogP) is 1.24. The minimum atomic E-state index is 0.253. The van der Waals surface area contributed by atoms with Crippen molar-refractivity contribution >= 4 is 5.82 Å². The molecule has 112 valence electrons. The maximum Gasteiger partial charge on any atom is 0.132 e. The largest absolute Gasteiger partial charge is 0.395 e. The van der Waals surface area contributed by atoms with E-state index in [0.717, 1.165) is 56.4 Å². The van der Waals surface area contributed by atoms with Crippen LogP contribution >= 0.6 is 0 Å². The van der Waals surface area contributed by atoms with Gasteiger partial charge in [-0.05, 0) is 19.8 Å². The van der Waals surface area contributed by atoms with E-state index in [9.17, 15) is 5.11 Å². The van der Waals surface area contributed by atoms with Gasteiger partial charge in [-0.1, -0.05) is 13.8 Å². The van der Waals surface area contributed by atoms with Crippen molar-refractivity contribution < 1.29 is 5.11 Å². The van der Waals surface area contributed by atoms with Gasteiger partial charge in [-0.3, -0.25) is 4.90 Å². The highest BCUT2D eigenvalue weighted by Gasteiger charge is 2.23. The standard InChI is InChI=1S/C15H26N4O/c1-4-13-10-15(17-12(3)16-13)19-8-6-18(7-9-19)14(5-2)11-20/h10,14,20H,4-9,11H2,1-3H3. The van der Waals surface area contributed by atoms with Crippen molar-refractivity contribution in [3.05, 3.63) is 17.6 Å². The number of aromatic nitrogens is 2. The van der Waals surface area contributed by atoms with Crippen molar-refractivity contribution in [3.63, 3.8) is 0 Å². The van der Waals surface area contributed by atoms with E-state index >= 15 is 0 Å². The fraction of sp³-hybridized carbons (Fsp3) is 0.733. The highest BCUT2D eigenvalue weighted by molar-refractivity contribution is 5.40. The Bertz CT molecular complexity index is 426. The van der Waals surface area contributed by atoms with E-state index in [-0.39, 0.29) is 6.61 Å². The van der Waals surface area contributed by atoms with Crippen LogP contribution in [0.2, 0.25) is 0 Å².